The highest BCUT2D eigenvalue weighted by atomic mass is 32.2. The Bertz CT molecular complexity index is 1140. The van der Waals surface area contributed by atoms with Crippen LogP contribution in [0.25, 0.3) is 0 Å². The Kier molecular flexibility index (Phi) is 6.91. The van der Waals surface area contributed by atoms with Gasteiger partial charge in [0.25, 0.3) is 0 Å². The maximum Gasteiger partial charge on any atom is 0.247 e. The summed E-state index contributed by atoms with van der Waals surface area (Å²) in [5.74, 6) is -0.509. The molecular weight excluding hydrogens is 419 g/mol. The fourth-order valence-electron chi connectivity index (χ4n) is 3.04. The number of anilines is 2. The predicted octanol–water partition coefficient (Wildman–Crippen LogP) is 4.20. The van der Waals surface area contributed by atoms with Gasteiger partial charge in [0, 0.05) is 5.69 Å². The number of hydrogen-bond donors (Lipinski definition) is 1. The van der Waals surface area contributed by atoms with Gasteiger partial charge in [-0.15, -0.1) is 0 Å². The summed E-state index contributed by atoms with van der Waals surface area (Å²) >= 11 is 0. The van der Waals surface area contributed by atoms with Gasteiger partial charge in [0.1, 0.15) is 24.2 Å². The van der Waals surface area contributed by atoms with Crippen molar-refractivity contribution in [3.63, 3.8) is 0 Å². The van der Waals surface area contributed by atoms with Crippen molar-refractivity contribution in [1.29, 1.82) is 0 Å². The van der Waals surface area contributed by atoms with E-state index in [9.17, 15) is 17.6 Å². The molecule has 0 spiro atoms. The fourth-order valence-corrected chi connectivity index (χ4v) is 4.21. The number of nitrogens with zero attached hydrogens (tertiary/aromatic N) is 1. The number of rotatable bonds is 8. The average Bonchev–Trinajstić information content (AvgIpc) is 2.73. The fraction of sp³-hybridized carbons (Fsp3) is 0.174. The number of carbonyl (C=O) groups excluding carboxylic acids is 1. The smallest absolute Gasteiger partial charge is 0.247 e. The Morgan fingerprint density at radius 3 is 2.32 bits per heavy atom. The van der Waals surface area contributed by atoms with Gasteiger partial charge < -0.3 is 10.1 Å². The van der Waals surface area contributed by atoms with Crippen molar-refractivity contribution in [2.45, 2.75) is 19.6 Å². The van der Waals surface area contributed by atoms with E-state index in [4.69, 9.17) is 4.74 Å². The molecule has 0 aliphatic carbocycles. The minimum Gasteiger partial charge on any atom is -0.489 e. The SMILES string of the molecule is C[C@H](C(=O)Nc1ccc(OCc2ccccc2)cc1)N(c1cccc(F)c1)S(C)(=O)=O. The third-order valence-corrected chi connectivity index (χ3v) is 5.76. The Hall–Kier alpha value is -3.39. The van der Waals surface area contributed by atoms with Crippen molar-refractivity contribution >= 4 is 27.3 Å². The molecule has 0 unspecified atom stereocenters. The zero-order valence-electron chi connectivity index (χ0n) is 17.2. The van der Waals surface area contributed by atoms with Crippen LogP contribution in [0.3, 0.4) is 0 Å². The van der Waals surface area contributed by atoms with E-state index < -0.39 is 27.8 Å². The summed E-state index contributed by atoms with van der Waals surface area (Å²) in [6.07, 6.45) is 0.973. The van der Waals surface area contributed by atoms with Crippen molar-refractivity contribution in [1.82, 2.24) is 0 Å². The second kappa shape index (κ2) is 9.61. The second-order valence-electron chi connectivity index (χ2n) is 7.00. The first-order valence-corrected chi connectivity index (χ1v) is 11.4. The van der Waals surface area contributed by atoms with Crippen LogP contribution in [0.1, 0.15) is 12.5 Å². The summed E-state index contributed by atoms with van der Waals surface area (Å²) in [4.78, 5) is 12.7. The highest BCUT2D eigenvalue weighted by Crippen LogP contribution is 2.23. The highest BCUT2D eigenvalue weighted by Gasteiger charge is 2.29. The second-order valence-corrected chi connectivity index (χ2v) is 8.86. The molecule has 0 aliphatic rings. The molecule has 0 bridgehead atoms. The molecule has 162 valence electrons. The van der Waals surface area contributed by atoms with Crippen molar-refractivity contribution in [3.05, 3.63) is 90.2 Å². The van der Waals surface area contributed by atoms with E-state index in [2.05, 4.69) is 5.32 Å². The molecular formula is C23H23FN2O4S. The van der Waals surface area contributed by atoms with Gasteiger partial charge in [0.2, 0.25) is 15.9 Å². The van der Waals surface area contributed by atoms with Gasteiger partial charge in [-0.3, -0.25) is 9.10 Å². The van der Waals surface area contributed by atoms with Crippen LogP contribution in [0.5, 0.6) is 5.75 Å². The van der Waals surface area contributed by atoms with Crippen molar-refractivity contribution in [3.8, 4) is 5.75 Å². The Morgan fingerprint density at radius 2 is 1.71 bits per heavy atom. The number of ether oxygens (including phenoxy) is 1. The molecule has 0 heterocycles. The largest absolute Gasteiger partial charge is 0.489 e. The van der Waals surface area contributed by atoms with Crippen LogP contribution in [0.2, 0.25) is 0 Å². The number of nitrogens with one attached hydrogen (secondary N) is 1. The normalized spacial score (nSPS) is 12.1. The number of amides is 1. The molecule has 0 aliphatic heterocycles. The monoisotopic (exact) mass is 442 g/mol. The lowest BCUT2D eigenvalue weighted by Crippen LogP contribution is -2.45. The minimum atomic E-state index is -3.83. The van der Waals surface area contributed by atoms with E-state index in [-0.39, 0.29) is 5.69 Å². The number of sulfonamides is 1. The van der Waals surface area contributed by atoms with Gasteiger partial charge in [-0.1, -0.05) is 36.4 Å². The molecule has 8 heteroatoms. The van der Waals surface area contributed by atoms with Crippen LogP contribution in [0, 0.1) is 5.82 Å². The zero-order chi connectivity index (χ0) is 22.4. The molecule has 0 radical (unpaired) electrons. The first-order chi connectivity index (χ1) is 14.7. The highest BCUT2D eigenvalue weighted by molar-refractivity contribution is 7.92. The third kappa shape index (κ3) is 6.05. The van der Waals surface area contributed by atoms with Gasteiger partial charge in [-0.2, -0.15) is 0 Å². The first kappa shape index (κ1) is 22.3. The molecule has 0 saturated carbocycles. The third-order valence-electron chi connectivity index (χ3n) is 4.52. The zero-order valence-corrected chi connectivity index (χ0v) is 18.0. The summed E-state index contributed by atoms with van der Waals surface area (Å²) in [5, 5.41) is 2.69. The van der Waals surface area contributed by atoms with E-state index in [0.717, 1.165) is 22.2 Å². The number of halogens is 1. The number of hydrogen-bond acceptors (Lipinski definition) is 4. The molecule has 31 heavy (non-hydrogen) atoms. The van der Waals surface area contributed by atoms with E-state index in [1.807, 2.05) is 30.3 Å². The number of carbonyl (C=O) groups is 1. The standard InChI is InChI=1S/C23H23FN2O4S/c1-17(26(31(2,28)29)21-10-6-9-19(24)15-21)23(27)25-20-11-13-22(14-12-20)30-16-18-7-4-3-5-8-18/h3-15,17H,16H2,1-2H3,(H,25,27)/t17-/m1/s1. The van der Waals surface area contributed by atoms with Gasteiger partial charge in [-0.25, -0.2) is 12.8 Å². The Labute approximate surface area is 181 Å². The van der Waals surface area contributed by atoms with Crippen molar-refractivity contribution < 1.29 is 22.3 Å². The summed E-state index contributed by atoms with van der Waals surface area (Å²) < 4.78 is 44.8. The van der Waals surface area contributed by atoms with Crippen LogP contribution < -0.4 is 14.4 Å². The lowest BCUT2D eigenvalue weighted by Gasteiger charge is -2.28. The molecule has 1 amide bonds. The molecule has 3 aromatic carbocycles. The van der Waals surface area contributed by atoms with Crippen LogP contribution in [0.4, 0.5) is 15.8 Å². The van der Waals surface area contributed by atoms with Crippen molar-refractivity contribution in [2.75, 3.05) is 15.9 Å². The Morgan fingerprint density at radius 1 is 1.03 bits per heavy atom. The molecule has 3 aromatic rings. The van der Waals surface area contributed by atoms with Crippen LogP contribution in [-0.2, 0) is 21.4 Å². The molecule has 0 fully saturated rings. The summed E-state index contributed by atoms with van der Waals surface area (Å²) in [5.41, 5.74) is 1.60. The molecule has 3 rings (SSSR count). The maximum absolute atomic E-state index is 13.6. The van der Waals surface area contributed by atoms with E-state index in [1.54, 1.807) is 24.3 Å². The van der Waals surface area contributed by atoms with E-state index in [1.165, 1.54) is 25.1 Å². The van der Waals surface area contributed by atoms with Crippen LogP contribution >= 0.6 is 0 Å². The molecule has 0 aromatic heterocycles. The lowest BCUT2D eigenvalue weighted by atomic mass is 10.2. The minimum absolute atomic E-state index is 0.0785. The predicted molar refractivity (Wildman–Crippen MR) is 119 cm³/mol. The van der Waals surface area contributed by atoms with Crippen LogP contribution in [-0.4, -0.2) is 26.6 Å². The number of benzene rings is 3. The topological polar surface area (TPSA) is 75.7 Å². The van der Waals surface area contributed by atoms with Gasteiger partial charge in [0.15, 0.2) is 0 Å². The first-order valence-electron chi connectivity index (χ1n) is 9.56. The summed E-state index contributed by atoms with van der Waals surface area (Å²) in [6.45, 7) is 1.86. The van der Waals surface area contributed by atoms with Crippen molar-refractivity contribution in [2.24, 2.45) is 0 Å². The quantitative estimate of drug-likeness (QED) is 0.567. The molecule has 1 atom stereocenters. The van der Waals surface area contributed by atoms with E-state index in [0.29, 0.717) is 18.0 Å². The van der Waals surface area contributed by atoms with E-state index >= 15 is 0 Å². The summed E-state index contributed by atoms with van der Waals surface area (Å²) in [7, 11) is -3.83. The molecule has 0 saturated heterocycles. The lowest BCUT2D eigenvalue weighted by molar-refractivity contribution is -0.116. The Balaban J connectivity index is 1.67. The summed E-state index contributed by atoms with van der Waals surface area (Å²) in [6, 6.07) is 20.5. The van der Waals surface area contributed by atoms with Gasteiger partial charge in [0.05, 0.1) is 11.9 Å². The molecule has 6 nitrogen and oxygen atoms in total. The van der Waals surface area contributed by atoms with Crippen LogP contribution in [0.15, 0.2) is 78.9 Å². The maximum atomic E-state index is 13.6. The van der Waals surface area contributed by atoms with Gasteiger partial charge >= 0.3 is 0 Å². The average molecular weight is 443 g/mol. The molecule has 1 N–H and O–H groups in total. The van der Waals surface area contributed by atoms with Gasteiger partial charge in [-0.05, 0) is 55.0 Å².